The summed E-state index contributed by atoms with van der Waals surface area (Å²) in [4.78, 5) is 0. The van der Waals surface area contributed by atoms with Crippen LogP contribution in [0.5, 0.6) is 5.75 Å². The average molecular weight is 268 g/mol. The fourth-order valence-electron chi connectivity index (χ4n) is 1.58. The van der Waals surface area contributed by atoms with Gasteiger partial charge in [0.2, 0.25) is 0 Å². The van der Waals surface area contributed by atoms with Crippen molar-refractivity contribution in [3.8, 4) is 5.75 Å². The van der Waals surface area contributed by atoms with Crippen molar-refractivity contribution in [2.75, 3.05) is 35.7 Å². The van der Waals surface area contributed by atoms with Crippen molar-refractivity contribution in [3.63, 3.8) is 0 Å². The lowest BCUT2D eigenvalue weighted by Gasteiger charge is -2.10. The lowest BCUT2D eigenvalue weighted by atomic mass is 10.2. The van der Waals surface area contributed by atoms with E-state index >= 15 is 0 Å². The largest absolute Gasteiger partial charge is 0.493 e. The summed E-state index contributed by atoms with van der Waals surface area (Å²) in [7, 11) is 0. The first-order valence-corrected chi connectivity index (χ1v) is 7.76. The molecule has 0 bridgehead atoms. The van der Waals surface area contributed by atoms with Gasteiger partial charge in [0.25, 0.3) is 0 Å². The summed E-state index contributed by atoms with van der Waals surface area (Å²) >= 11 is 1.97. The number of rotatable bonds is 9. The molecule has 0 saturated heterocycles. The van der Waals surface area contributed by atoms with Crippen LogP contribution < -0.4 is 15.8 Å². The lowest BCUT2D eigenvalue weighted by Crippen LogP contribution is -2.04. The van der Waals surface area contributed by atoms with E-state index in [1.54, 1.807) is 0 Å². The molecule has 0 aliphatic rings. The summed E-state index contributed by atoms with van der Waals surface area (Å²) in [6.07, 6.45) is 2.17. The minimum Gasteiger partial charge on any atom is -0.493 e. The Hall–Kier alpha value is -1.03. The molecule has 102 valence electrons. The highest BCUT2D eigenvalue weighted by Gasteiger charge is 1.99. The molecule has 0 aromatic heterocycles. The molecule has 4 heteroatoms. The standard InChI is InChI=1S/C14H24N2OS/c1-3-7-17-14-10-12(15)9-13(11-14)16-6-5-8-18-4-2/h9-11,16H,3-8,15H2,1-2H3. The second-order valence-corrected chi connectivity index (χ2v) is 5.51. The van der Waals surface area contributed by atoms with Crippen molar-refractivity contribution < 1.29 is 4.74 Å². The van der Waals surface area contributed by atoms with Crippen molar-refractivity contribution in [2.24, 2.45) is 0 Å². The van der Waals surface area contributed by atoms with Gasteiger partial charge in [-0.05, 0) is 30.4 Å². The topological polar surface area (TPSA) is 47.3 Å². The van der Waals surface area contributed by atoms with Crippen LogP contribution in [0.1, 0.15) is 26.7 Å². The number of hydrogen-bond donors (Lipinski definition) is 2. The van der Waals surface area contributed by atoms with Gasteiger partial charge in [0.05, 0.1) is 6.61 Å². The number of ether oxygens (including phenoxy) is 1. The SMILES string of the molecule is CCCOc1cc(N)cc(NCCCSCC)c1. The van der Waals surface area contributed by atoms with Crippen molar-refractivity contribution in [1.29, 1.82) is 0 Å². The van der Waals surface area contributed by atoms with Crippen LogP contribution in [0, 0.1) is 0 Å². The van der Waals surface area contributed by atoms with Crippen molar-refractivity contribution in [2.45, 2.75) is 26.7 Å². The molecule has 1 aromatic rings. The second-order valence-electron chi connectivity index (χ2n) is 4.12. The molecule has 0 spiro atoms. The maximum Gasteiger partial charge on any atom is 0.123 e. The molecule has 0 aliphatic carbocycles. The molecule has 0 aliphatic heterocycles. The Morgan fingerprint density at radius 3 is 2.83 bits per heavy atom. The van der Waals surface area contributed by atoms with E-state index in [4.69, 9.17) is 10.5 Å². The van der Waals surface area contributed by atoms with Gasteiger partial charge >= 0.3 is 0 Å². The molecule has 3 N–H and O–H groups in total. The number of nitrogen functional groups attached to an aromatic ring is 1. The number of anilines is 2. The molecule has 0 fully saturated rings. The highest BCUT2D eigenvalue weighted by Crippen LogP contribution is 2.22. The van der Waals surface area contributed by atoms with Gasteiger partial charge in [0.1, 0.15) is 5.75 Å². The summed E-state index contributed by atoms with van der Waals surface area (Å²) in [5.74, 6) is 3.24. The molecule has 1 aromatic carbocycles. The number of hydrogen-bond acceptors (Lipinski definition) is 4. The lowest BCUT2D eigenvalue weighted by molar-refractivity contribution is 0.318. The van der Waals surface area contributed by atoms with E-state index in [0.29, 0.717) is 0 Å². The first-order chi connectivity index (χ1) is 8.76. The Morgan fingerprint density at radius 1 is 1.28 bits per heavy atom. The van der Waals surface area contributed by atoms with Crippen LogP contribution in [0.15, 0.2) is 18.2 Å². The van der Waals surface area contributed by atoms with E-state index in [1.807, 2.05) is 30.0 Å². The van der Waals surface area contributed by atoms with Crippen molar-refractivity contribution >= 4 is 23.1 Å². The normalized spacial score (nSPS) is 10.3. The summed E-state index contributed by atoms with van der Waals surface area (Å²) in [6, 6.07) is 5.83. The van der Waals surface area contributed by atoms with Crippen molar-refractivity contribution in [3.05, 3.63) is 18.2 Å². The Labute approximate surface area is 114 Å². The number of benzene rings is 1. The highest BCUT2D eigenvalue weighted by atomic mass is 32.2. The summed E-state index contributed by atoms with van der Waals surface area (Å²) in [5, 5.41) is 3.39. The zero-order valence-corrected chi connectivity index (χ0v) is 12.2. The Balaban J connectivity index is 2.41. The van der Waals surface area contributed by atoms with E-state index in [1.165, 1.54) is 17.9 Å². The van der Waals surface area contributed by atoms with Crippen LogP contribution in [-0.4, -0.2) is 24.7 Å². The molecule has 0 radical (unpaired) electrons. The molecule has 1 rings (SSSR count). The highest BCUT2D eigenvalue weighted by molar-refractivity contribution is 7.99. The first kappa shape index (κ1) is 15.0. The van der Waals surface area contributed by atoms with Crippen LogP contribution >= 0.6 is 11.8 Å². The molecule has 0 amide bonds. The third-order valence-electron chi connectivity index (χ3n) is 2.40. The minimum atomic E-state index is 0.732. The molecule has 0 atom stereocenters. The van der Waals surface area contributed by atoms with E-state index < -0.39 is 0 Å². The van der Waals surface area contributed by atoms with Gasteiger partial charge in [-0.1, -0.05) is 13.8 Å². The van der Waals surface area contributed by atoms with E-state index in [0.717, 1.165) is 36.7 Å². The van der Waals surface area contributed by atoms with Crippen LogP contribution in [0.2, 0.25) is 0 Å². The molecule has 0 unspecified atom stereocenters. The summed E-state index contributed by atoms with van der Waals surface area (Å²) in [6.45, 7) is 5.99. The van der Waals surface area contributed by atoms with Gasteiger partial charge in [-0.25, -0.2) is 0 Å². The fraction of sp³-hybridized carbons (Fsp3) is 0.571. The van der Waals surface area contributed by atoms with Gasteiger partial charge in [0.15, 0.2) is 0 Å². The Morgan fingerprint density at radius 2 is 2.11 bits per heavy atom. The van der Waals surface area contributed by atoms with Gasteiger partial charge in [0, 0.05) is 30.1 Å². The molecular weight excluding hydrogens is 244 g/mol. The predicted octanol–water partition coefficient (Wildman–Crippen LogP) is 3.61. The monoisotopic (exact) mass is 268 g/mol. The Bertz CT molecular complexity index is 345. The third-order valence-corrected chi connectivity index (χ3v) is 3.39. The first-order valence-electron chi connectivity index (χ1n) is 6.61. The molecule has 0 saturated carbocycles. The zero-order chi connectivity index (χ0) is 13.2. The summed E-state index contributed by atoms with van der Waals surface area (Å²) in [5.41, 5.74) is 7.65. The second kappa shape index (κ2) is 8.97. The smallest absolute Gasteiger partial charge is 0.123 e. The van der Waals surface area contributed by atoms with Gasteiger partial charge < -0.3 is 15.8 Å². The van der Waals surface area contributed by atoms with E-state index in [2.05, 4.69) is 19.2 Å². The number of thioether (sulfide) groups is 1. The Kier molecular flexibility index (Phi) is 7.49. The van der Waals surface area contributed by atoms with Gasteiger partial charge in [-0.3, -0.25) is 0 Å². The fourth-order valence-corrected chi connectivity index (χ4v) is 2.22. The van der Waals surface area contributed by atoms with Crippen LogP contribution in [-0.2, 0) is 0 Å². The molecule has 0 heterocycles. The maximum absolute atomic E-state index is 5.86. The van der Waals surface area contributed by atoms with Gasteiger partial charge in [-0.15, -0.1) is 0 Å². The number of nitrogens with two attached hydrogens (primary N) is 1. The average Bonchev–Trinajstić information content (AvgIpc) is 2.35. The van der Waals surface area contributed by atoms with Crippen LogP contribution in [0.3, 0.4) is 0 Å². The predicted molar refractivity (Wildman–Crippen MR) is 82.7 cm³/mol. The van der Waals surface area contributed by atoms with Crippen LogP contribution in [0.25, 0.3) is 0 Å². The van der Waals surface area contributed by atoms with Crippen LogP contribution in [0.4, 0.5) is 11.4 Å². The maximum atomic E-state index is 5.86. The minimum absolute atomic E-state index is 0.732. The molecule has 18 heavy (non-hydrogen) atoms. The zero-order valence-electron chi connectivity index (χ0n) is 11.4. The van der Waals surface area contributed by atoms with E-state index in [9.17, 15) is 0 Å². The number of nitrogens with one attached hydrogen (secondary N) is 1. The van der Waals surface area contributed by atoms with E-state index in [-0.39, 0.29) is 0 Å². The quantitative estimate of drug-likeness (QED) is 0.530. The van der Waals surface area contributed by atoms with Crippen molar-refractivity contribution in [1.82, 2.24) is 0 Å². The summed E-state index contributed by atoms with van der Waals surface area (Å²) < 4.78 is 5.60. The molecule has 3 nitrogen and oxygen atoms in total. The third kappa shape index (κ3) is 6.05. The van der Waals surface area contributed by atoms with Gasteiger partial charge in [-0.2, -0.15) is 11.8 Å². The molecular formula is C14H24N2OS.